The van der Waals surface area contributed by atoms with Gasteiger partial charge in [-0.25, -0.2) is 0 Å². The van der Waals surface area contributed by atoms with Crippen molar-refractivity contribution in [1.29, 1.82) is 0 Å². The topological polar surface area (TPSA) is 66.4 Å². The Morgan fingerprint density at radius 1 is 1.56 bits per heavy atom. The summed E-state index contributed by atoms with van der Waals surface area (Å²) < 4.78 is 0. The van der Waals surface area contributed by atoms with Crippen molar-refractivity contribution in [3.05, 3.63) is 12.7 Å². The Morgan fingerprint density at radius 3 is 2.67 bits per heavy atom. The van der Waals surface area contributed by atoms with Crippen molar-refractivity contribution < 1.29 is 14.7 Å². The summed E-state index contributed by atoms with van der Waals surface area (Å²) in [6.45, 7) is 6.20. The Bertz CT molecular complexity index is 454. The van der Waals surface area contributed by atoms with Crippen LogP contribution in [0.4, 0.5) is 0 Å². The van der Waals surface area contributed by atoms with Crippen LogP contribution in [-0.4, -0.2) is 29.4 Å². The maximum Gasteiger partial charge on any atom is 0.321 e. The van der Waals surface area contributed by atoms with E-state index in [0.29, 0.717) is 6.42 Å². The SMILES string of the molecule is C=CC1(C2(C)CC23C(=O)CNC3C(=O)O)CCC1. The van der Waals surface area contributed by atoms with E-state index < -0.39 is 17.4 Å². The standard InChI is InChI=1S/C14H19NO3/c1-3-13(5-4-6-13)12(2)8-14(12)9(16)7-15-10(14)11(17)18/h3,10,15H,1,4-8H2,2H3,(H,17,18). The van der Waals surface area contributed by atoms with Gasteiger partial charge < -0.3 is 5.11 Å². The zero-order valence-electron chi connectivity index (χ0n) is 10.7. The van der Waals surface area contributed by atoms with Gasteiger partial charge >= 0.3 is 5.97 Å². The van der Waals surface area contributed by atoms with Crippen LogP contribution in [0.1, 0.15) is 32.6 Å². The molecule has 4 heteroatoms. The summed E-state index contributed by atoms with van der Waals surface area (Å²) in [5.74, 6) is -0.825. The summed E-state index contributed by atoms with van der Waals surface area (Å²) >= 11 is 0. The summed E-state index contributed by atoms with van der Waals surface area (Å²) in [7, 11) is 0. The Morgan fingerprint density at radius 2 is 2.22 bits per heavy atom. The van der Waals surface area contributed by atoms with E-state index in [0.717, 1.165) is 19.3 Å². The fraction of sp³-hybridized carbons (Fsp3) is 0.714. The average molecular weight is 249 g/mol. The van der Waals surface area contributed by atoms with E-state index in [1.165, 1.54) is 0 Å². The monoisotopic (exact) mass is 249 g/mol. The third-order valence-corrected chi connectivity index (χ3v) is 5.93. The Balaban J connectivity index is 2.01. The normalized spacial score (nSPS) is 44.7. The highest BCUT2D eigenvalue weighted by molar-refractivity contribution is 6.00. The number of Topliss-reactive ketones (excluding diaryl/α,β-unsaturated/α-hetero) is 1. The first-order valence-corrected chi connectivity index (χ1v) is 6.57. The van der Waals surface area contributed by atoms with E-state index in [1.54, 1.807) is 0 Å². The van der Waals surface area contributed by atoms with Gasteiger partial charge in [0.1, 0.15) is 6.04 Å². The molecule has 3 fully saturated rings. The molecule has 18 heavy (non-hydrogen) atoms. The molecule has 2 N–H and O–H groups in total. The number of rotatable bonds is 3. The molecule has 1 saturated heterocycles. The van der Waals surface area contributed by atoms with E-state index in [2.05, 4.69) is 18.8 Å². The van der Waals surface area contributed by atoms with E-state index in [1.807, 2.05) is 6.08 Å². The van der Waals surface area contributed by atoms with Gasteiger partial charge in [0.25, 0.3) is 0 Å². The molecule has 3 rings (SSSR count). The Kier molecular flexibility index (Phi) is 2.14. The van der Waals surface area contributed by atoms with Crippen molar-refractivity contribution in [2.75, 3.05) is 6.54 Å². The number of carboxylic acid groups (broad SMARTS) is 1. The largest absolute Gasteiger partial charge is 0.480 e. The molecule has 0 bridgehead atoms. The van der Waals surface area contributed by atoms with E-state index in [9.17, 15) is 14.7 Å². The lowest BCUT2D eigenvalue weighted by molar-refractivity contribution is -0.143. The molecule has 1 spiro atoms. The lowest BCUT2D eigenvalue weighted by Crippen LogP contribution is -2.46. The predicted molar refractivity (Wildman–Crippen MR) is 66.1 cm³/mol. The number of carbonyl (C=O) groups is 2. The van der Waals surface area contributed by atoms with Crippen LogP contribution in [0.25, 0.3) is 0 Å². The van der Waals surface area contributed by atoms with Crippen LogP contribution in [0.2, 0.25) is 0 Å². The molecule has 1 heterocycles. The fourth-order valence-electron chi connectivity index (χ4n) is 4.49. The molecule has 3 unspecified atom stereocenters. The van der Waals surface area contributed by atoms with Gasteiger partial charge in [-0.15, -0.1) is 6.58 Å². The molecule has 98 valence electrons. The summed E-state index contributed by atoms with van der Waals surface area (Å²) in [6, 6.07) is -0.715. The number of hydrogen-bond acceptors (Lipinski definition) is 3. The first-order chi connectivity index (χ1) is 8.43. The summed E-state index contributed by atoms with van der Waals surface area (Å²) in [5.41, 5.74) is -0.931. The summed E-state index contributed by atoms with van der Waals surface area (Å²) in [5, 5.41) is 12.2. The molecule has 0 aromatic carbocycles. The molecule has 2 aliphatic carbocycles. The van der Waals surface area contributed by atoms with Crippen LogP contribution in [0.5, 0.6) is 0 Å². The molecule has 3 atom stereocenters. The second-order valence-electron chi connectivity index (χ2n) is 6.27. The number of carbonyl (C=O) groups excluding carboxylic acids is 1. The first-order valence-electron chi connectivity index (χ1n) is 6.57. The van der Waals surface area contributed by atoms with Crippen molar-refractivity contribution in [2.45, 2.75) is 38.6 Å². The molecule has 0 aromatic rings. The maximum atomic E-state index is 12.2. The molecule has 3 aliphatic rings. The first kappa shape index (κ1) is 11.9. The molecule has 2 saturated carbocycles. The molecule has 0 aromatic heterocycles. The number of hydrogen-bond donors (Lipinski definition) is 2. The van der Waals surface area contributed by atoms with Gasteiger partial charge in [0, 0.05) is 0 Å². The fourth-order valence-corrected chi connectivity index (χ4v) is 4.49. The maximum absolute atomic E-state index is 12.2. The van der Waals surface area contributed by atoms with Gasteiger partial charge in [-0.2, -0.15) is 0 Å². The lowest BCUT2D eigenvalue weighted by atomic mass is 9.56. The average Bonchev–Trinajstić information content (AvgIpc) is 2.71. The quantitative estimate of drug-likeness (QED) is 0.741. The van der Waals surface area contributed by atoms with Gasteiger partial charge in [0.15, 0.2) is 5.78 Å². The van der Waals surface area contributed by atoms with E-state index in [-0.39, 0.29) is 23.2 Å². The molecular weight excluding hydrogens is 230 g/mol. The van der Waals surface area contributed by atoms with Crippen LogP contribution in [0.3, 0.4) is 0 Å². The summed E-state index contributed by atoms with van der Waals surface area (Å²) in [4.78, 5) is 23.6. The number of carboxylic acids is 1. The van der Waals surface area contributed by atoms with Crippen molar-refractivity contribution in [2.24, 2.45) is 16.2 Å². The van der Waals surface area contributed by atoms with Crippen LogP contribution >= 0.6 is 0 Å². The highest BCUT2D eigenvalue weighted by Gasteiger charge is 2.81. The number of ketones is 1. The predicted octanol–water partition coefficient (Wildman–Crippen LogP) is 1.36. The minimum atomic E-state index is -0.900. The summed E-state index contributed by atoms with van der Waals surface area (Å²) in [6.07, 6.45) is 5.88. The minimum absolute atomic E-state index is 0.0254. The van der Waals surface area contributed by atoms with Crippen LogP contribution in [-0.2, 0) is 9.59 Å². The van der Waals surface area contributed by atoms with Crippen LogP contribution < -0.4 is 5.32 Å². The highest BCUT2D eigenvalue weighted by Crippen LogP contribution is 2.79. The molecule has 1 aliphatic heterocycles. The van der Waals surface area contributed by atoms with E-state index in [4.69, 9.17) is 0 Å². The minimum Gasteiger partial charge on any atom is -0.480 e. The smallest absolute Gasteiger partial charge is 0.321 e. The second-order valence-corrected chi connectivity index (χ2v) is 6.27. The molecule has 4 nitrogen and oxygen atoms in total. The van der Waals surface area contributed by atoms with Crippen LogP contribution in [0, 0.1) is 16.2 Å². The van der Waals surface area contributed by atoms with E-state index >= 15 is 0 Å². The van der Waals surface area contributed by atoms with Crippen molar-refractivity contribution >= 4 is 11.8 Å². The van der Waals surface area contributed by atoms with Gasteiger partial charge in [-0.05, 0) is 30.1 Å². The molecule has 0 amide bonds. The van der Waals surface area contributed by atoms with Gasteiger partial charge in [-0.1, -0.05) is 19.4 Å². The third-order valence-electron chi connectivity index (χ3n) is 5.93. The van der Waals surface area contributed by atoms with Crippen molar-refractivity contribution in [1.82, 2.24) is 5.32 Å². The molecular formula is C14H19NO3. The van der Waals surface area contributed by atoms with Crippen LogP contribution in [0.15, 0.2) is 12.7 Å². The number of nitrogens with one attached hydrogen (secondary N) is 1. The highest BCUT2D eigenvalue weighted by atomic mass is 16.4. The Labute approximate surface area is 106 Å². The van der Waals surface area contributed by atoms with Gasteiger partial charge in [0.05, 0.1) is 12.0 Å². The van der Waals surface area contributed by atoms with Gasteiger partial charge in [-0.3, -0.25) is 14.9 Å². The van der Waals surface area contributed by atoms with Crippen molar-refractivity contribution in [3.63, 3.8) is 0 Å². The lowest BCUT2D eigenvalue weighted by Gasteiger charge is -2.47. The third kappa shape index (κ3) is 1.02. The number of aliphatic carboxylic acids is 1. The van der Waals surface area contributed by atoms with Crippen molar-refractivity contribution in [3.8, 4) is 0 Å². The molecule has 0 radical (unpaired) electrons. The zero-order valence-corrected chi connectivity index (χ0v) is 10.7. The zero-order chi connectivity index (χ0) is 13.2. The Hall–Kier alpha value is -1.16. The number of allylic oxidation sites excluding steroid dienone is 1. The second kappa shape index (κ2) is 3.23. The van der Waals surface area contributed by atoms with Gasteiger partial charge in [0.2, 0.25) is 0 Å².